The molecule has 134 valence electrons. The topological polar surface area (TPSA) is 77.0 Å². The van der Waals surface area contributed by atoms with Crippen LogP contribution >= 0.6 is 0 Å². The molecule has 25 heavy (non-hydrogen) atoms. The van der Waals surface area contributed by atoms with Gasteiger partial charge in [-0.25, -0.2) is 4.79 Å². The van der Waals surface area contributed by atoms with Crippen molar-refractivity contribution in [3.05, 3.63) is 42.0 Å². The van der Waals surface area contributed by atoms with Gasteiger partial charge in [-0.1, -0.05) is 24.3 Å². The maximum Gasteiger partial charge on any atom is 0.404 e. The van der Waals surface area contributed by atoms with Gasteiger partial charge in [0.2, 0.25) is 0 Å². The van der Waals surface area contributed by atoms with Crippen LogP contribution in [0.4, 0.5) is 4.79 Å². The molecule has 0 aromatic heterocycles. The molecule has 1 heterocycles. The molecule has 2 aromatic rings. The number of methoxy groups -OCH3 is 1. The highest BCUT2D eigenvalue weighted by molar-refractivity contribution is 5.87. The van der Waals surface area contributed by atoms with Crippen LogP contribution in [0.5, 0.6) is 5.75 Å². The molecule has 6 heteroatoms. The molecule has 1 saturated heterocycles. The highest BCUT2D eigenvalue weighted by Gasteiger charge is 2.24. The van der Waals surface area contributed by atoms with E-state index in [1.165, 1.54) is 10.9 Å². The van der Waals surface area contributed by atoms with Gasteiger partial charge in [0.1, 0.15) is 5.75 Å². The van der Waals surface area contributed by atoms with Gasteiger partial charge in [0.25, 0.3) is 0 Å². The van der Waals surface area contributed by atoms with Crippen LogP contribution in [0.1, 0.15) is 24.3 Å². The Hall–Kier alpha value is -2.31. The lowest BCUT2D eigenvalue weighted by Gasteiger charge is -2.30. The largest absolute Gasteiger partial charge is 0.497 e. The van der Waals surface area contributed by atoms with E-state index in [4.69, 9.17) is 19.3 Å². The number of carboxylic acid groups (broad SMARTS) is 1. The smallest absolute Gasteiger partial charge is 0.404 e. The SMILES string of the molecule is COc1ccc2c(cccc2[C@H]2CO[C@H](CCCNC(=O)O)OC2)c1. The first-order valence-electron chi connectivity index (χ1n) is 8.44. The van der Waals surface area contributed by atoms with E-state index in [1.807, 2.05) is 18.2 Å². The van der Waals surface area contributed by atoms with Gasteiger partial charge < -0.3 is 24.6 Å². The van der Waals surface area contributed by atoms with Crippen LogP contribution in [0.2, 0.25) is 0 Å². The molecule has 0 radical (unpaired) electrons. The molecule has 0 aliphatic carbocycles. The molecule has 6 nitrogen and oxygen atoms in total. The second-order valence-corrected chi connectivity index (χ2v) is 6.10. The highest BCUT2D eigenvalue weighted by Crippen LogP contribution is 2.31. The molecule has 0 atom stereocenters. The van der Waals surface area contributed by atoms with Crippen LogP contribution in [-0.4, -0.2) is 44.4 Å². The summed E-state index contributed by atoms with van der Waals surface area (Å²) in [7, 11) is 1.67. The van der Waals surface area contributed by atoms with Gasteiger partial charge in [-0.05, 0) is 34.9 Å². The van der Waals surface area contributed by atoms with Crippen molar-refractivity contribution in [2.24, 2.45) is 0 Å². The number of benzene rings is 2. The number of nitrogens with one attached hydrogen (secondary N) is 1. The average molecular weight is 345 g/mol. The lowest BCUT2D eigenvalue weighted by Crippen LogP contribution is -2.32. The van der Waals surface area contributed by atoms with E-state index >= 15 is 0 Å². The molecule has 2 N–H and O–H groups in total. The Bertz CT molecular complexity index is 725. The molecule has 3 rings (SSSR count). The number of hydrogen-bond acceptors (Lipinski definition) is 4. The van der Waals surface area contributed by atoms with Gasteiger partial charge in [0, 0.05) is 18.9 Å². The van der Waals surface area contributed by atoms with Crippen molar-refractivity contribution in [1.82, 2.24) is 5.32 Å². The molecule has 1 amide bonds. The van der Waals surface area contributed by atoms with Gasteiger partial charge >= 0.3 is 6.09 Å². The third kappa shape index (κ3) is 4.41. The summed E-state index contributed by atoms with van der Waals surface area (Å²) in [5.41, 5.74) is 1.21. The number of rotatable bonds is 6. The summed E-state index contributed by atoms with van der Waals surface area (Å²) in [6, 6.07) is 12.3. The van der Waals surface area contributed by atoms with E-state index in [0.29, 0.717) is 32.6 Å². The van der Waals surface area contributed by atoms with Crippen molar-refractivity contribution in [2.75, 3.05) is 26.9 Å². The Balaban J connectivity index is 1.59. The van der Waals surface area contributed by atoms with Crippen molar-refractivity contribution in [3.8, 4) is 5.75 Å². The molecule has 2 aromatic carbocycles. The second-order valence-electron chi connectivity index (χ2n) is 6.10. The van der Waals surface area contributed by atoms with Gasteiger partial charge in [0.15, 0.2) is 6.29 Å². The molecule has 1 aliphatic rings. The first-order valence-corrected chi connectivity index (χ1v) is 8.44. The number of hydrogen-bond donors (Lipinski definition) is 2. The Morgan fingerprint density at radius 3 is 2.80 bits per heavy atom. The fourth-order valence-corrected chi connectivity index (χ4v) is 3.12. The van der Waals surface area contributed by atoms with E-state index in [1.54, 1.807) is 7.11 Å². The van der Waals surface area contributed by atoms with Crippen molar-refractivity contribution in [2.45, 2.75) is 25.0 Å². The first-order chi connectivity index (χ1) is 12.2. The lowest BCUT2D eigenvalue weighted by molar-refractivity contribution is -0.189. The van der Waals surface area contributed by atoms with Crippen LogP contribution in [-0.2, 0) is 9.47 Å². The standard InChI is InChI=1S/C19H23NO5/c1-23-15-7-8-17-13(10-15)4-2-5-16(17)14-11-24-18(25-12-14)6-3-9-20-19(21)22/h2,4-5,7-8,10,14,18,20H,3,6,9,11-12H2,1H3,(H,21,22)/t14-,18-. The predicted molar refractivity (Wildman–Crippen MR) is 94.2 cm³/mol. The van der Waals surface area contributed by atoms with Crippen LogP contribution in [0.15, 0.2) is 36.4 Å². The molecule has 1 aliphatic heterocycles. The van der Waals surface area contributed by atoms with Crippen molar-refractivity contribution in [1.29, 1.82) is 0 Å². The van der Waals surface area contributed by atoms with Gasteiger partial charge in [-0.15, -0.1) is 0 Å². The van der Waals surface area contributed by atoms with Crippen LogP contribution in [0.3, 0.4) is 0 Å². The van der Waals surface area contributed by atoms with E-state index in [-0.39, 0.29) is 12.2 Å². The third-order valence-corrected chi connectivity index (χ3v) is 4.42. The van der Waals surface area contributed by atoms with Gasteiger partial charge in [-0.3, -0.25) is 0 Å². The molecule has 0 spiro atoms. The monoisotopic (exact) mass is 345 g/mol. The summed E-state index contributed by atoms with van der Waals surface area (Å²) >= 11 is 0. The number of amides is 1. The lowest BCUT2D eigenvalue weighted by atomic mass is 9.94. The quantitative estimate of drug-likeness (QED) is 0.785. The van der Waals surface area contributed by atoms with Crippen molar-refractivity contribution in [3.63, 3.8) is 0 Å². The molecule has 1 fully saturated rings. The zero-order chi connectivity index (χ0) is 17.6. The Kier molecular flexibility index (Phi) is 5.73. The maximum absolute atomic E-state index is 10.4. The maximum atomic E-state index is 10.4. The van der Waals surface area contributed by atoms with Gasteiger partial charge in [0.05, 0.1) is 20.3 Å². The van der Waals surface area contributed by atoms with E-state index in [2.05, 4.69) is 23.5 Å². The fraction of sp³-hybridized carbons (Fsp3) is 0.421. The van der Waals surface area contributed by atoms with E-state index in [9.17, 15) is 4.79 Å². The molecule has 0 saturated carbocycles. The van der Waals surface area contributed by atoms with Crippen molar-refractivity contribution >= 4 is 16.9 Å². The average Bonchev–Trinajstić information content (AvgIpc) is 2.64. The zero-order valence-corrected chi connectivity index (χ0v) is 14.2. The fourth-order valence-electron chi connectivity index (χ4n) is 3.12. The first kappa shape index (κ1) is 17.5. The Morgan fingerprint density at radius 2 is 2.08 bits per heavy atom. The minimum atomic E-state index is -1.00. The molecular weight excluding hydrogens is 322 g/mol. The van der Waals surface area contributed by atoms with Gasteiger partial charge in [-0.2, -0.15) is 0 Å². The van der Waals surface area contributed by atoms with Crippen molar-refractivity contribution < 1.29 is 24.1 Å². The molecule has 0 bridgehead atoms. The number of carbonyl (C=O) groups is 1. The third-order valence-electron chi connectivity index (χ3n) is 4.42. The number of fused-ring (bicyclic) bond motifs is 1. The predicted octanol–water partition coefficient (Wildman–Crippen LogP) is 3.35. The summed E-state index contributed by atoms with van der Waals surface area (Å²) in [5, 5.41) is 13.2. The Morgan fingerprint density at radius 1 is 1.28 bits per heavy atom. The highest BCUT2D eigenvalue weighted by atomic mass is 16.7. The zero-order valence-electron chi connectivity index (χ0n) is 14.2. The minimum Gasteiger partial charge on any atom is -0.497 e. The van der Waals surface area contributed by atoms with E-state index in [0.717, 1.165) is 11.1 Å². The molecule has 0 unspecified atom stereocenters. The molecular formula is C19H23NO5. The summed E-state index contributed by atoms with van der Waals surface area (Å²) < 4.78 is 16.9. The van der Waals surface area contributed by atoms with E-state index < -0.39 is 6.09 Å². The summed E-state index contributed by atoms with van der Waals surface area (Å²) in [4.78, 5) is 10.4. The normalized spacial score (nSPS) is 20.4. The summed E-state index contributed by atoms with van der Waals surface area (Å²) in [5.74, 6) is 1.03. The summed E-state index contributed by atoms with van der Waals surface area (Å²) in [6.07, 6.45) is 0.107. The summed E-state index contributed by atoms with van der Waals surface area (Å²) in [6.45, 7) is 1.61. The van der Waals surface area contributed by atoms with Crippen LogP contribution < -0.4 is 10.1 Å². The Labute approximate surface area is 146 Å². The van der Waals surface area contributed by atoms with Crippen LogP contribution in [0.25, 0.3) is 10.8 Å². The van der Waals surface area contributed by atoms with Crippen LogP contribution in [0, 0.1) is 0 Å². The minimum absolute atomic E-state index is 0.186. The second kappa shape index (κ2) is 8.18. The number of ether oxygens (including phenoxy) is 3.